The minimum atomic E-state index is -0.260. The topological polar surface area (TPSA) is 76.1 Å². The van der Waals surface area contributed by atoms with Crippen LogP contribution in [0.15, 0.2) is 54.9 Å². The minimum absolute atomic E-state index is 0.260. The predicted octanol–water partition coefficient (Wildman–Crippen LogP) is 4.26. The first-order chi connectivity index (χ1) is 14.1. The normalized spacial score (nSPS) is 10.4. The van der Waals surface area contributed by atoms with Gasteiger partial charge in [0, 0.05) is 12.2 Å². The first kappa shape index (κ1) is 20.3. The summed E-state index contributed by atoms with van der Waals surface area (Å²) in [7, 11) is 1.66. The zero-order valence-corrected chi connectivity index (χ0v) is 17.0. The number of anilines is 2. The number of aryl methyl sites for hydroxylation is 2. The molecule has 0 saturated carbocycles. The monoisotopic (exact) mass is 390 g/mol. The lowest BCUT2D eigenvalue weighted by atomic mass is 10.1. The van der Waals surface area contributed by atoms with Gasteiger partial charge in [-0.05, 0) is 48.6 Å². The van der Waals surface area contributed by atoms with Crippen LogP contribution in [0.2, 0.25) is 0 Å². The summed E-state index contributed by atoms with van der Waals surface area (Å²) >= 11 is 0. The molecule has 0 fully saturated rings. The number of aromatic nitrogens is 2. The van der Waals surface area contributed by atoms with E-state index in [1.165, 1.54) is 11.8 Å². The zero-order valence-electron chi connectivity index (χ0n) is 17.0. The van der Waals surface area contributed by atoms with Crippen molar-refractivity contribution < 1.29 is 9.53 Å². The smallest absolute Gasteiger partial charge is 0.275 e. The molecule has 3 rings (SSSR count). The standard InChI is InChI=1S/C23H26N4O2/c1-4-18-9-5-7-16(2)22(18)27-23(28)20-14-26-21(15-25-20)24-12-11-17-8-6-10-19(13-17)29-3/h5-10,13-15H,4,11-12H2,1-3H3,(H,24,26)(H,27,28). The van der Waals surface area contributed by atoms with Crippen molar-refractivity contribution >= 4 is 17.4 Å². The van der Waals surface area contributed by atoms with E-state index in [0.29, 0.717) is 12.4 Å². The van der Waals surface area contributed by atoms with Crippen molar-refractivity contribution in [2.75, 3.05) is 24.3 Å². The van der Waals surface area contributed by atoms with Crippen LogP contribution in [0, 0.1) is 6.92 Å². The molecule has 0 aliphatic heterocycles. The molecule has 0 unspecified atom stereocenters. The lowest BCUT2D eigenvalue weighted by molar-refractivity contribution is 0.102. The lowest BCUT2D eigenvalue weighted by Gasteiger charge is -2.12. The first-order valence-corrected chi connectivity index (χ1v) is 9.69. The number of rotatable bonds is 8. The van der Waals surface area contributed by atoms with E-state index in [-0.39, 0.29) is 11.6 Å². The number of hydrogen-bond donors (Lipinski definition) is 2. The van der Waals surface area contributed by atoms with Crippen molar-refractivity contribution in [1.82, 2.24) is 9.97 Å². The maximum Gasteiger partial charge on any atom is 0.275 e. The Balaban J connectivity index is 1.57. The second kappa shape index (κ2) is 9.68. The second-order valence-electron chi connectivity index (χ2n) is 6.73. The Kier molecular flexibility index (Phi) is 6.79. The molecule has 2 aromatic carbocycles. The molecule has 6 nitrogen and oxygen atoms in total. The summed E-state index contributed by atoms with van der Waals surface area (Å²) in [6.07, 6.45) is 4.75. The summed E-state index contributed by atoms with van der Waals surface area (Å²) in [5.41, 5.74) is 4.44. The fourth-order valence-electron chi connectivity index (χ4n) is 3.08. The van der Waals surface area contributed by atoms with Crippen LogP contribution in [0.1, 0.15) is 34.1 Å². The molecular formula is C23H26N4O2. The summed E-state index contributed by atoms with van der Waals surface area (Å²) in [5, 5.41) is 6.19. The number of methoxy groups -OCH3 is 1. The number of para-hydroxylation sites is 1. The summed E-state index contributed by atoms with van der Waals surface area (Å²) in [6.45, 7) is 4.75. The third-order valence-corrected chi connectivity index (χ3v) is 4.72. The quantitative estimate of drug-likeness (QED) is 0.601. The van der Waals surface area contributed by atoms with Crippen molar-refractivity contribution in [3.8, 4) is 5.75 Å². The van der Waals surface area contributed by atoms with Gasteiger partial charge in [0.2, 0.25) is 0 Å². The van der Waals surface area contributed by atoms with Crippen LogP contribution < -0.4 is 15.4 Å². The Morgan fingerprint density at radius 2 is 1.93 bits per heavy atom. The van der Waals surface area contributed by atoms with E-state index >= 15 is 0 Å². The van der Waals surface area contributed by atoms with Crippen LogP contribution in [-0.2, 0) is 12.8 Å². The summed E-state index contributed by atoms with van der Waals surface area (Å²) < 4.78 is 5.24. The van der Waals surface area contributed by atoms with Gasteiger partial charge in [0.15, 0.2) is 0 Å². The van der Waals surface area contributed by atoms with Crippen molar-refractivity contribution in [3.05, 3.63) is 77.2 Å². The number of hydrogen-bond acceptors (Lipinski definition) is 5. The molecule has 1 heterocycles. The average molecular weight is 390 g/mol. The molecule has 0 saturated heterocycles. The largest absolute Gasteiger partial charge is 0.497 e. The Morgan fingerprint density at radius 3 is 2.66 bits per heavy atom. The lowest BCUT2D eigenvalue weighted by Crippen LogP contribution is -2.16. The fraction of sp³-hybridized carbons (Fsp3) is 0.261. The van der Waals surface area contributed by atoms with Gasteiger partial charge in [-0.25, -0.2) is 9.97 Å². The van der Waals surface area contributed by atoms with Gasteiger partial charge in [-0.15, -0.1) is 0 Å². The highest BCUT2D eigenvalue weighted by molar-refractivity contribution is 6.03. The Bertz CT molecular complexity index is 971. The highest BCUT2D eigenvalue weighted by Gasteiger charge is 2.12. The molecular weight excluding hydrogens is 364 g/mol. The van der Waals surface area contributed by atoms with Crippen molar-refractivity contribution in [1.29, 1.82) is 0 Å². The Labute approximate surface area is 171 Å². The molecule has 3 aromatic rings. The number of ether oxygens (including phenoxy) is 1. The predicted molar refractivity (Wildman–Crippen MR) is 116 cm³/mol. The van der Waals surface area contributed by atoms with Gasteiger partial charge in [0.1, 0.15) is 17.3 Å². The number of benzene rings is 2. The van der Waals surface area contributed by atoms with Crippen molar-refractivity contribution in [3.63, 3.8) is 0 Å². The van der Waals surface area contributed by atoms with Gasteiger partial charge in [0.25, 0.3) is 5.91 Å². The molecule has 6 heteroatoms. The highest BCUT2D eigenvalue weighted by Crippen LogP contribution is 2.21. The third kappa shape index (κ3) is 5.31. The fourth-order valence-corrected chi connectivity index (χ4v) is 3.08. The van der Waals surface area contributed by atoms with Crippen molar-refractivity contribution in [2.24, 2.45) is 0 Å². The SMILES string of the molecule is CCc1cccc(C)c1NC(=O)c1cnc(NCCc2cccc(OC)c2)cn1. The van der Waals surface area contributed by atoms with Crippen LogP contribution >= 0.6 is 0 Å². The van der Waals surface area contributed by atoms with Crippen LogP contribution in [0.5, 0.6) is 5.75 Å². The highest BCUT2D eigenvalue weighted by atomic mass is 16.5. The van der Waals surface area contributed by atoms with E-state index in [2.05, 4.69) is 33.6 Å². The van der Waals surface area contributed by atoms with E-state index in [9.17, 15) is 4.79 Å². The molecule has 0 spiro atoms. The molecule has 1 amide bonds. The van der Waals surface area contributed by atoms with Crippen LogP contribution in [-0.4, -0.2) is 29.5 Å². The Hall–Kier alpha value is -3.41. The van der Waals surface area contributed by atoms with Crippen LogP contribution in [0.4, 0.5) is 11.5 Å². The van der Waals surface area contributed by atoms with E-state index < -0.39 is 0 Å². The molecule has 0 atom stereocenters. The number of nitrogens with one attached hydrogen (secondary N) is 2. The van der Waals surface area contributed by atoms with Gasteiger partial charge in [0.05, 0.1) is 19.5 Å². The van der Waals surface area contributed by atoms with E-state index in [4.69, 9.17) is 4.74 Å². The summed E-state index contributed by atoms with van der Waals surface area (Å²) in [5.74, 6) is 1.22. The van der Waals surface area contributed by atoms with Crippen LogP contribution in [0.3, 0.4) is 0 Å². The Morgan fingerprint density at radius 1 is 1.10 bits per heavy atom. The number of nitrogens with zero attached hydrogens (tertiary/aromatic N) is 2. The van der Waals surface area contributed by atoms with E-state index in [0.717, 1.165) is 35.4 Å². The average Bonchev–Trinajstić information content (AvgIpc) is 2.75. The second-order valence-corrected chi connectivity index (χ2v) is 6.73. The molecule has 2 N–H and O–H groups in total. The van der Waals surface area contributed by atoms with E-state index in [1.807, 2.05) is 43.3 Å². The van der Waals surface area contributed by atoms with E-state index in [1.54, 1.807) is 13.3 Å². The summed E-state index contributed by atoms with van der Waals surface area (Å²) in [4.78, 5) is 21.1. The molecule has 0 bridgehead atoms. The first-order valence-electron chi connectivity index (χ1n) is 9.69. The van der Waals surface area contributed by atoms with Crippen LogP contribution in [0.25, 0.3) is 0 Å². The van der Waals surface area contributed by atoms with Gasteiger partial charge in [-0.3, -0.25) is 4.79 Å². The van der Waals surface area contributed by atoms with Gasteiger partial charge >= 0.3 is 0 Å². The van der Waals surface area contributed by atoms with Gasteiger partial charge in [-0.1, -0.05) is 37.3 Å². The third-order valence-electron chi connectivity index (χ3n) is 4.72. The van der Waals surface area contributed by atoms with Crippen molar-refractivity contribution in [2.45, 2.75) is 26.7 Å². The molecule has 1 aromatic heterocycles. The molecule has 29 heavy (non-hydrogen) atoms. The molecule has 0 radical (unpaired) electrons. The zero-order chi connectivity index (χ0) is 20.6. The molecule has 0 aliphatic rings. The van der Waals surface area contributed by atoms with Gasteiger partial charge < -0.3 is 15.4 Å². The maximum atomic E-state index is 12.6. The summed E-state index contributed by atoms with van der Waals surface area (Å²) in [6, 6.07) is 14.0. The van der Waals surface area contributed by atoms with Gasteiger partial charge in [-0.2, -0.15) is 0 Å². The minimum Gasteiger partial charge on any atom is -0.497 e. The molecule has 150 valence electrons. The molecule has 0 aliphatic carbocycles. The number of amides is 1. The maximum absolute atomic E-state index is 12.6. The number of carbonyl (C=O) groups excluding carboxylic acids is 1. The number of carbonyl (C=O) groups is 1.